The van der Waals surface area contributed by atoms with Gasteiger partial charge < -0.3 is 10.4 Å². The fourth-order valence-corrected chi connectivity index (χ4v) is 2.52. The van der Waals surface area contributed by atoms with Crippen LogP contribution in [0.2, 0.25) is 0 Å². The molecule has 100 valence electrons. The number of carboxylic acids is 1. The first-order valence-corrected chi connectivity index (χ1v) is 5.98. The van der Waals surface area contributed by atoms with Crippen LogP contribution in [0, 0.1) is 5.41 Å². The van der Waals surface area contributed by atoms with E-state index in [9.17, 15) is 19.5 Å². The fraction of sp³-hybridized carbons (Fsp3) is 0.727. The molecule has 1 atom stereocenters. The summed E-state index contributed by atoms with van der Waals surface area (Å²) < 4.78 is 0. The molecule has 1 aliphatic heterocycles. The standard InChI is InChI=1S/C11H16N2O5/c14-8(12-7-6-18-13-9(7)15)5-11(10(16)17)3-1-2-4-11/h7H,1-6H2,(H,12,14)(H,13,15)(H,16,17)/t7-/m1/s1. The maximum Gasteiger partial charge on any atom is 0.310 e. The van der Waals surface area contributed by atoms with Crippen LogP contribution >= 0.6 is 0 Å². The summed E-state index contributed by atoms with van der Waals surface area (Å²) in [4.78, 5) is 39.0. The van der Waals surface area contributed by atoms with Crippen molar-refractivity contribution < 1.29 is 24.3 Å². The summed E-state index contributed by atoms with van der Waals surface area (Å²) in [5.74, 6) is -1.74. The monoisotopic (exact) mass is 256 g/mol. The van der Waals surface area contributed by atoms with E-state index in [1.165, 1.54) is 0 Å². The number of carbonyl (C=O) groups is 3. The molecule has 1 heterocycles. The van der Waals surface area contributed by atoms with Gasteiger partial charge in [0, 0.05) is 6.42 Å². The lowest BCUT2D eigenvalue weighted by Gasteiger charge is -2.23. The Bertz CT molecular complexity index is 376. The smallest absolute Gasteiger partial charge is 0.310 e. The molecule has 0 unspecified atom stereocenters. The number of nitrogens with one attached hydrogen (secondary N) is 2. The summed E-state index contributed by atoms with van der Waals surface area (Å²) in [6, 6.07) is -0.718. The van der Waals surface area contributed by atoms with Gasteiger partial charge in [0.25, 0.3) is 5.91 Å². The molecule has 0 aromatic heterocycles. The van der Waals surface area contributed by atoms with Crippen LogP contribution in [0.15, 0.2) is 0 Å². The minimum absolute atomic E-state index is 0.0741. The molecule has 2 amide bonds. The summed E-state index contributed by atoms with van der Waals surface area (Å²) in [5.41, 5.74) is 1.17. The van der Waals surface area contributed by atoms with E-state index in [4.69, 9.17) is 0 Å². The molecule has 7 heteroatoms. The molecule has 2 rings (SSSR count). The highest BCUT2D eigenvalue weighted by atomic mass is 16.7. The molecule has 1 saturated heterocycles. The number of amides is 2. The molecule has 1 aliphatic carbocycles. The Morgan fingerprint density at radius 2 is 2.11 bits per heavy atom. The molecule has 1 saturated carbocycles. The van der Waals surface area contributed by atoms with Gasteiger partial charge in [-0.2, -0.15) is 0 Å². The van der Waals surface area contributed by atoms with Gasteiger partial charge in [0.1, 0.15) is 12.6 Å². The molecule has 0 bridgehead atoms. The van der Waals surface area contributed by atoms with Crippen LogP contribution in [0.1, 0.15) is 32.1 Å². The number of hydrogen-bond donors (Lipinski definition) is 3. The molecule has 0 aromatic rings. The second-order valence-corrected chi connectivity index (χ2v) is 4.87. The number of hydroxylamine groups is 1. The van der Waals surface area contributed by atoms with Gasteiger partial charge in [0.2, 0.25) is 5.91 Å². The SMILES string of the molecule is O=C(CC1(C(=O)O)CCCC1)N[C@@H]1CONC1=O. The predicted molar refractivity (Wildman–Crippen MR) is 59.2 cm³/mol. The number of carboxylic acid groups (broad SMARTS) is 1. The van der Waals surface area contributed by atoms with E-state index < -0.39 is 29.2 Å². The van der Waals surface area contributed by atoms with E-state index in [-0.39, 0.29) is 13.0 Å². The summed E-state index contributed by atoms with van der Waals surface area (Å²) in [6.45, 7) is 0.0741. The minimum atomic E-state index is -0.958. The predicted octanol–water partition coefficient (Wildman–Crippen LogP) is -0.432. The molecule has 0 radical (unpaired) electrons. The van der Waals surface area contributed by atoms with Crippen molar-refractivity contribution in [2.24, 2.45) is 5.41 Å². The van der Waals surface area contributed by atoms with E-state index in [0.29, 0.717) is 12.8 Å². The van der Waals surface area contributed by atoms with Gasteiger partial charge in [-0.25, -0.2) is 5.48 Å². The third kappa shape index (κ3) is 2.45. The van der Waals surface area contributed by atoms with Gasteiger partial charge in [0.05, 0.1) is 5.41 Å². The van der Waals surface area contributed by atoms with E-state index in [2.05, 4.69) is 15.6 Å². The van der Waals surface area contributed by atoms with Crippen molar-refractivity contribution >= 4 is 17.8 Å². The molecule has 0 spiro atoms. The molecule has 0 aromatic carbocycles. The Morgan fingerprint density at radius 1 is 1.44 bits per heavy atom. The second-order valence-electron chi connectivity index (χ2n) is 4.87. The third-order valence-corrected chi connectivity index (χ3v) is 3.59. The van der Waals surface area contributed by atoms with Gasteiger partial charge in [0.15, 0.2) is 0 Å². The van der Waals surface area contributed by atoms with Crippen LogP contribution in [0.4, 0.5) is 0 Å². The van der Waals surface area contributed by atoms with Crippen molar-refractivity contribution in [1.82, 2.24) is 10.8 Å². The summed E-state index contributed by atoms with van der Waals surface area (Å²) in [7, 11) is 0. The topological polar surface area (TPSA) is 105 Å². The van der Waals surface area contributed by atoms with Crippen LogP contribution in [-0.4, -0.2) is 35.5 Å². The fourth-order valence-electron chi connectivity index (χ4n) is 2.52. The van der Waals surface area contributed by atoms with Crippen LogP contribution < -0.4 is 10.8 Å². The van der Waals surface area contributed by atoms with Crippen molar-refractivity contribution in [3.63, 3.8) is 0 Å². The van der Waals surface area contributed by atoms with Crippen LogP contribution in [-0.2, 0) is 19.2 Å². The van der Waals surface area contributed by atoms with Gasteiger partial charge in [-0.05, 0) is 12.8 Å². The van der Waals surface area contributed by atoms with Gasteiger partial charge in [-0.1, -0.05) is 12.8 Å². The number of carbonyl (C=O) groups excluding carboxylic acids is 2. The van der Waals surface area contributed by atoms with Crippen molar-refractivity contribution in [1.29, 1.82) is 0 Å². The summed E-state index contributed by atoms with van der Waals surface area (Å²) in [6.07, 6.45) is 2.61. The van der Waals surface area contributed by atoms with E-state index in [1.54, 1.807) is 0 Å². The first kappa shape index (κ1) is 12.8. The maximum absolute atomic E-state index is 11.8. The lowest BCUT2D eigenvalue weighted by Crippen LogP contribution is -2.44. The van der Waals surface area contributed by atoms with E-state index >= 15 is 0 Å². The molecular formula is C11H16N2O5. The quantitative estimate of drug-likeness (QED) is 0.633. The Hall–Kier alpha value is -1.63. The largest absolute Gasteiger partial charge is 0.481 e. The maximum atomic E-state index is 11.8. The lowest BCUT2D eigenvalue weighted by atomic mass is 9.82. The molecular weight excluding hydrogens is 240 g/mol. The third-order valence-electron chi connectivity index (χ3n) is 3.59. The number of hydrogen-bond acceptors (Lipinski definition) is 4. The van der Waals surface area contributed by atoms with Crippen molar-refractivity contribution in [3.05, 3.63) is 0 Å². The second kappa shape index (κ2) is 4.93. The summed E-state index contributed by atoms with van der Waals surface area (Å²) >= 11 is 0. The first-order valence-electron chi connectivity index (χ1n) is 5.98. The van der Waals surface area contributed by atoms with Gasteiger partial charge in [-0.15, -0.1) is 0 Å². The van der Waals surface area contributed by atoms with Crippen LogP contribution in [0.5, 0.6) is 0 Å². The van der Waals surface area contributed by atoms with Crippen molar-refractivity contribution in [3.8, 4) is 0 Å². The normalized spacial score (nSPS) is 25.8. The van der Waals surface area contributed by atoms with Crippen molar-refractivity contribution in [2.45, 2.75) is 38.1 Å². The highest BCUT2D eigenvalue weighted by molar-refractivity contribution is 5.90. The highest BCUT2D eigenvalue weighted by Gasteiger charge is 2.43. The zero-order chi connectivity index (χ0) is 13.2. The average molecular weight is 256 g/mol. The molecule has 18 heavy (non-hydrogen) atoms. The Labute approximate surface area is 104 Å². The number of aliphatic carboxylic acids is 1. The van der Waals surface area contributed by atoms with Crippen LogP contribution in [0.3, 0.4) is 0 Å². The Balaban J connectivity index is 1.93. The lowest BCUT2D eigenvalue weighted by molar-refractivity contribution is -0.151. The molecule has 2 aliphatic rings. The number of rotatable bonds is 4. The molecule has 7 nitrogen and oxygen atoms in total. The zero-order valence-corrected chi connectivity index (χ0v) is 9.90. The zero-order valence-electron chi connectivity index (χ0n) is 9.90. The molecule has 2 fully saturated rings. The van der Waals surface area contributed by atoms with Gasteiger partial charge in [-0.3, -0.25) is 19.2 Å². The minimum Gasteiger partial charge on any atom is -0.481 e. The van der Waals surface area contributed by atoms with Crippen molar-refractivity contribution in [2.75, 3.05) is 6.61 Å². The van der Waals surface area contributed by atoms with Gasteiger partial charge >= 0.3 is 5.97 Å². The van der Waals surface area contributed by atoms with E-state index in [1.807, 2.05) is 0 Å². The highest BCUT2D eigenvalue weighted by Crippen LogP contribution is 2.41. The Kier molecular flexibility index (Phi) is 3.51. The molecule has 3 N–H and O–H groups in total. The Morgan fingerprint density at radius 3 is 2.61 bits per heavy atom. The summed E-state index contributed by atoms with van der Waals surface area (Å²) in [5, 5.41) is 11.7. The average Bonchev–Trinajstić information content (AvgIpc) is 2.90. The van der Waals surface area contributed by atoms with E-state index in [0.717, 1.165) is 12.8 Å². The van der Waals surface area contributed by atoms with Crippen LogP contribution in [0.25, 0.3) is 0 Å². The first-order chi connectivity index (χ1) is 8.53.